The molecular formula is C18H25ClN2O. The number of nitrogens with one attached hydrogen (secondary N) is 1. The smallest absolute Gasteiger partial charge is 0.221 e. The number of fused-ring (bicyclic) bond motifs is 1. The predicted octanol–water partition coefficient (Wildman–Crippen LogP) is 3.81. The van der Waals surface area contributed by atoms with E-state index in [1.807, 2.05) is 18.2 Å². The molecule has 0 aromatic heterocycles. The van der Waals surface area contributed by atoms with Gasteiger partial charge in [0, 0.05) is 13.0 Å². The molecule has 0 radical (unpaired) electrons. The molecule has 2 aromatic rings. The number of hydrogen-bond donors (Lipinski definition) is 2. The highest BCUT2D eigenvalue weighted by Crippen LogP contribution is 2.22. The average molecular weight is 321 g/mol. The summed E-state index contributed by atoms with van der Waals surface area (Å²) in [7, 11) is 0. The molecule has 0 spiro atoms. The second kappa shape index (κ2) is 7.61. The largest absolute Gasteiger partial charge is 0.348 e. The van der Waals surface area contributed by atoms with Gasteiger partial charge in [0.1, 0.15) is 0 Å². The molecule has 120 valence electrons. The highest BCUT2D eigenvalue weighted by molar-refractivity contribution is 5.85. The molecule has 2 aromatic carbocycles. The van der Waals surface area contributed by atoms with Crippen molar-refractivity contribution in [1.29, 1.82) is 0 Å². The van der Waals surface area contributed by atoms with Gasteiger partial charge < -0.3 is 11.1 Å². The van der Waals surface area contributed by atoms with Crippen LogP contribution in [0.25, 0.3) is 10.8 Å². The summed E-state index contributed by atoms with van der Waals surface area (Å²) in [6.45, 7) is 6.56. The third-order valence-corrected chi connectivity index (χ3v) is 3.44. The van der Waals surface area contributed by atoms with Crippen LogP contribution in [0.2, 0.25) is 0 Å². The van der Waals surface area contributed by atoms with Crippen LogP contribution in [0.15, 0.2) is 42.5 Å². The minimum absolute atomic E-state index is 0. The molecule has 0 aliphatic rings. The fourth-order valence-corrected chi connectivity index (χ4v) is 2.43. The number of nitrogens with two attached hydrogens (primary N) is 1. The van der Waals surface area contributed by atoms with Crippen LogP contribution < -0.4 is 11.1 Å². The number of hydrogen-bond acceptors (Lipinski definition) is 2. The normalized spacial score (nSPS) is 12.5. The summed E-state index contributed by atoms with van der Waals surface area (Å²) in [5, 5.41) is 5.40. The lowest BCUT2D eigenvalue weighted by molar-refractivity contribution is -0.123. The summed E-state index contributed by atoms with van der Waals surface area (Å²) < 4.78 is 0. The number of halogens is 1. The molecule has 4 heteroatoms. The van der Waals surface area contributed by atoms with Gasteiger partial charge in [0.2, 0.25) is 5.91 Å². The van der Waals surface area contributed by atoms with Gasteiger partial charge in [-0.3, -0.25) is 4.79 Å². The maximum atomic E-state index is 12.1. The Morgan fingerprint density at radius 1 is 1.14 bits per heavy atom. The minimum Gasteiger partial charge on any atom is -0.348 e. The van der Waals surface area contributed by atoms with E-state index in [2.05, 4.69) is 50.4 Å². The second-order valence-corrected chi connectivity index (χ2v) is 6.70. The van der Waals surface area contributed by atoms with E-state index >= 15 is 0 Å². The lowest BCUT2D eigenvalue weighted by Gasteiger charge is -2.22. The molecule has 1 amide bonds. The van der Waals surface area contributed by atoms with Crippen molar-refractivity contribution in [1.82, 2.24) is 5.32 Å². The molecule has 0 fully saturated rings. The van der Waals surface area contributed by atoms with Crippen molar-refractivity contribution in [2.45, 2.75) is 33.2 Å². The zero-order valence-corrected chi connectivity index (χ0v) is 14.2. The van der Waals surface area contributed by atoms with Crippen LogP contribution in [0.5, 0.6) is 0 Å². The first-order chi connectivity index (χ1) is 9.89. The van der Waals surface area contributed by atoms with Gasteiger partial charge in [-0.05, 0) is 27.8 Å². The van der Waals surface area contributed by atoms with Gasteiger partial charge in [-0.1, -0.05) is 57.2 Å². The molecule has 0 aliphatic heterocycles. The number of benzene rings is 2. The predicted molar refractivity (Wildman–Crippen MR) is 95.2 cm³/mol. The van der Waals surface area contributed by atoms with E-state index in [-0.39, 0.29) is 29.8 Å². The van der Waals surface area contributed by atoms with Gasteiger partial charge in [0.15, 0.2) is 0 Å². The van der Waals surface area contributed by atoms with Crippen LogP contribution in [0, 0.1) is 5.41 Å². The lowest BCUT2D eigenvalue weighted by atomic mass is 9.91. The molecule has 0 aliphatic carbocycles. The molecule has 22 heavy (non-hydrogen) atoms. The van der Waals surface area contributed by atoms with Crippen LogP contribution >= 0.6 is 12.4 Å². The fraction of sp³-hybridized carbons (Fsp3) is 0.389. The number of carbonyl (C=O) groups excluding carboxylic acids is 1. The Morgan fingerprint density at radius 3 is 2.36 bits per heavy atom. The monoisotopic (exact) mass is 320 g/mol. The Labute approximate surface area is 138 Å². The van der Waals surface area contributed by atoms with Gasteiger partial charge in [0.25, 0.3) is 0 Å². The Bertz CT molecular complexity index is 634. The maximum absolute atomic E-state index is 12.1. The van der Waals surface area contributed by atoms with Crippen molar-refractivity contribution in [3.63, 3.8) is 0 Å². The van der Waals surface area contributed by atoms with Crippen molar-refractivity contribution in [2.75, 3.05) is 6.54 Å². The van der Waals surface area contributed by atoms with E-state index in [0.717, 1.165) is 5.56 Å². The highest BCUT2D eigenvalue weighted by Gasteiger charge is 2.19. The first-order valence-electron chi connectivity index (χ1n) is 7.37. The lowest BCUT2D eigenvalue weighted by Crippen LogP contribution is -2.35. The molecule has 3 nitrogen and oxygen atoms in total. The van der Waals surface area contributed by atoms with Crippen molar-refractivity contribution < 1.29 is 4.79 Å². The van der Waals surface area contributed by atoms with E-state index < -0.39 is 0 Å². The SMILES string of the molecule is CC(C)(C)CC(=O)NC(CN)c1ccc2ccccc2c1.Cl. The summed E-state index contributed by atoms with van der Waals surface area (Å²) in [5.74, 6) is 0.0473. The first kappa shape index (κ1) is 18.5. The second-order valence-electron chi connectivity index (χ2n) is 6.70. The summed E-state index contributed by atoms with van der Waals surface area (Å²) in [4.78, 5) is 12.1. The number of carbonyl (C=O) groups is 1. The topological polar surface area (TPSA) is 55.1 Å². The van der Waals surface area contributed by atoms with Gasteiger partial charge in [-0.2, -0.15) is 0 Å². The van der Waals surface area contributed by atoms with E-state index in [0.29, 0.717) is 13.0 Å². The molecule has 0 heterocycles. The van der Waals surface area contributed by atoms with E-state index in [1.54, 1.807) is 0 Å². The molecule has 3 N–H and O–H groups in total. The standard InChI is InChI=1S/C18H24N2O.ClH/c1-18(2,3)11-17(21)20-16(12-19)15-9-8-13-6-4-5-7-14(13)10-15;/h4-10,16H,11-12,19H2,1-3H3,(H,20,21);1H. The van der Waals surface area contributed by atoms with Crippen LogP contribution in [0.1, 0.15) is 38.8 Å². The van der Waals surface area contributed by atoms with Gasteiger partial charge in [-0.25, -0.2) is 0 Å². The zero-order chi connectivity index (χ0) is 15.5. The first-order valence-corrected chi connectivity index (χ1v) is 7.37. The Balaban J connectivity index is 0.00000242. The molecule has 1 atom stereocenters. The summed E-state index contributed by atoms with van der Waals surface area (Å²) >= 11 is 0. The van der Waals surface area contributed by atoms with E-state index in [4.69, 9.17) is 5.73 Å². The van der Waals surface area contributed by atoms with Gasteiger partial charge >= 0.3 is 0 Å². The molecule has 0 saturated carbocycles. The average Bonchev–Trinajstić information content (AvgIpc) is 2.42. The number of amides is 1. The minimum atomic E-state index is -0.135. The quantitative estimate of drug-likeness (QED) is 0.900. The molecule has 2 rings (SSSR count). The Morgan fingerprint density at radius 2 is 1.77 bits per heavy atom. The third kappa shape index (κ3) is 5.00. The van der Waals surface area contributed by atoms with Gasteiger partial charge in [-0.15, -0.1) is 12.4 Å². The van der Waals surface area contributed by atoms with Crippen molar-refractivity contribution in [2.24, 2.45) is 11.1 Å². The summed E-state index contributed by atoms with van der Waals surface area (Å²) in [6.07, 6.45) is 0.497. The summed E-state index contributed by atoms with van der Waals surface area (Å²) in [5.41, 5.74) is 6.88. The van der Waals surface area contributed by atoms with Crippen LogP contribution in [-0.4, -0.2) is 12.5 Å². The summed E-state index contributed by atoms with van der Waals surface area (Å²) in [6, 6.07) is 14.3. The third-order valence-electron chi connectivity index (χ3n) is 3.44. The van der Waals surface area contributed by atoms with Gasteiger partial charge in [0.05, 0.1) is 6.04 Å². The van der Waals surface area contributed by atoms with Crippen molar-refractivity contribution in [3.05, 3.63) is 48.0 Å². The van der Waals surface area contributed by atoms with Crippen LogP contribution in [0.4, 0.5) is 0 Å². The van der Waals surface area contributed by atoms with Crippen molar-refractivity contribution >= 4 is 29.1 Å². The van der Waals surface area contributed by atoms with Crippen LogP contribution in [-0.2, 0) is 4.79 Å². The van der Waals surface area contributed by atoms with E-state index in [1.165, 1.54) is 10.8 Å². The van der Waals surface area contributed by atoms with E-state index in [9.17, 15) is 4.79 Å². The molecule has 0 bridgehead atoms. The Hall–Kier alpha value is -1.58. The molecular weight excluding hydrogens is 296 g/mol. The number of rotatable bonds is 4. The molecule has 0 saturated heterocycles. The Kier molecular flexibility index (Phi) is 6.39. The van der Waals surface area contributed by atoms with Crippen LogP contribution in [0.3, 0.4) is 0 Å². The maximum Gasteiger partial charge on any atom is 0.221 e. The van der Waals surface area contributed by atoms with Crippen molar-refractivity contribution in [3.8, 4) is 0 Å². The zero-order valence-electron chi connectivity index (χ0n) is 13.4. The fourth-order valence-electron chi connectivity index (χ4n) is 2.43. The molecule has 1 unspecified atom stereocenters. The highest BCUT2D eigenvalue weighted by atomic mass is 35.5.